The zero-order chi connectivity index (χ0) is 10.8. The fourth-order valence-corrected chi connectivity index (χ4v) is 1.76. The van der Waals surface area contributed by atoms with Crippen molar-refractivity contribution >= 4 is 22.4 Å². The van der Waals surface area contributed by atoms with Crippen molar-refractivity contribution in [1.29, 1.82) is 0 Å². The number of benzene rings is 1. The van der Waals surface area contributed by atoms with E-state index in [1.807, 2.05) is 30.3 Å². The lowest BCUT2D eigenvalue weighted by molar-refractivity contribution is 0.477. The molecule has 3 aromatic rings. The first-order valence-corrected chi connectivity index (χ1v) is 5.37. The molecule has 0 aliphatic carbocycles. The molecule has 2 aromatic heterocycles. The third-order valence-corrected chi connectivity index (χ3v) is 2.55. The van der Waals surface area contributed by atoms with Gasteiger partial charge < -0.3 is 4.74 Å². The standard InChI is InChI=1S/C10H6N4OS/c1-3-7-4-2-6-11-9(7)8(5-1)15-10-12-13-14-16-10/h1-6H. The molecule has 0 spiro atoms. The maximum atomic E-state index is 5.55. The van der Waals surface area contributed by atoms with E-state index in [2.05, 4.69) is 19.8 Å². The highest BCUT2D eigenvalue weighted by molar-refractivity contribution is 7.07. The first-order valence-electron chi connectivity index (χ1n) is 4.60. The lowest BCUT2D eigenvalue weighted by atomic mass is 10.2. The summed E-state index contributed by atoms with van der Waals surface area (Å²) in [6, 6.07) is 9.60. The predicted molar refractivity (Wildman–Crippen MR) is 59.5 cm³/mol. The minimum atomic E-state index is 0.415. The highest BCUT2D eigenvalue weighted by Crippen LogP contribution is 2.27. The van der Waals surface area contributed by atoms with Crippen LogP contribution in [0, 0.1) is 0 Å². The second kappa shape index (κ2) is 3.82. The van der Waals surface area contributed by atoms with Crippen LogP contribution in [0.2, 0.25) is 0 Å². The van der Waals surface area contributed by atoms with Crippen molar-refractivity contribution in [1.82, 2.24) is 19.8 Å². The smallest absolute Gasteiger partial charge is 0.319 e. The molecular formula is C10H6N4OS. The molecule has 1 aromatic carbocycles. The Hall–Kier alpha value is -2.08. The summed E-state index contributed by atoms with van der Waals surface area (Å²) in [5.41, 5.74) is 0.806. The molecule has 0 atom stereocenters. The van der Waals surface area contributed by atoms with Crippen molar-refractivity contribution in [3.8, 4) is 10.9 Å². The monoisotopic (exact) mass is 230 g/mol. The van der Waals surface area contributed by atoms with Crippen LogP contribution in [0.1, 0.15) is 0 Å². The molecule has 6 heteroatoms. The molecule has 0 bridgehead atoms. The normalized spacial score (nSPS) is 10.5. The fourth-order valence-electron chi connectivity index (χ4n) is 1.42. The van der Waals surface area contributed by atoms with Gasteiger partial charge in [0.25, 0.3) is 0 Å². The van der Waals surface area contributed by atoms with E-state index in [-0.39, 0.29) is 0 Å². The van der Waals surface area contributed by atoms with Crippen LogP contribution >= 0.6 is 11.5 Å². The molecule has 0 fully saturated rings. The van der Waals surface area contributed by atoms with Gasteiger partial charge in [0, 0.05) is 23.1 Å². The number of rotatable bonds is 2. The Bertz CT molecular complexity index is 606. The Morgan fingerprint density at radius 2 is 2.06 bits per heavy atom. The van der Waals surface area contributed by atoms with Crippen LogP contribution in [-0.4, -0.2) is 19.8 Å². The maximum absolute atomic E-state index is 5.55. The van der Waals surface area contributed by atoms with E-state index < -0.39 is 0 Å². The summed E-state index contributed by atoms with van der Waals surface area (Å²) in [4.78, 5) is 4.27. The van der Waals surface area contributed by atoms with E-state index in [4.69, 9.17) is 4.74 Å². The van der Waals surface area contributed by atoms with Gasteiger partial charge in [-0.05, 0) is 17.3 Å². The van der Waals surface area contributed by atoms with Crippen LogP contribution < -0.4 is 4.74 Å². The first kappa shape index (κ1) is 9.17. The Morgan fingerprint density at radius 3 is 2.94 bits per heavy atom. The fraction of sp³-hybridized carbons (Fsp3) is 0. The van der Waals surface area contributed by atoms with Gasteiger partial charge in [-0.2, -0.15) is 0 Å². The number of hydrogen-bond donors (Lipinski definition) is 0. The van der Waals surface area contributed by atoms with Gasteiger partial charge >= 0.3 is 5.19 Å². The molecule has 5 nitrogen and oxygen atoms in total. The predicted octanol–water partition coefficient (Wildman–Crippen LogP) is 2.27. The van der Waals surface area contributed by atoms with Crippen molar-refractivity contribution in [2.75, 3.05) is 0 Å². The Labute approximate surface area is 94.9 Å². The molecule has 16 heavy (non-hydrogen) atoms. The van der Waals surface area contributed by atoms with E-state index in [9.17, 15) is 0 Å². The first-order chi connectivity index (χ1) is 7.93. The zero-order valence-corrected chi connectivity index (χ0v) is 8.89. The van der Waals surface area contributed by atoms with E-state index in [0.717, 1.165) is 22.4 Å². The summed E-state index contributed by atoms with van der Waals surface area (Å²) in [5, 5.41) is 8.64. The van der Waals surface area contributed by atoms with Crippen LogP contribution in [0.5, 0.6) is 10.9 Å². The second-order valence-corrected chi connectivity index (χ2v) is 3.76. The minimum Gasteiger partial charge on any atom is -0.426 e. The molecule has 0 aliphatic rings. The number of nitrogens with zero attached hydrogens (tertiary/aromatic N) is 4. The third kappa shape index (κ3) is 1.59. The molecule has 0 N–H and O–H groups in total. The molecule has 0 radical (unpaired) electrons. The van der Waals surface area contributed by atoms with Crippen LogP contribution in [0.4, 0.5) is 0 Å². The molecule has 0 aliphatic heterocycles. The maximum Gasteiger partial charge on any atom is 0.319 e. The number of para-hydroxylation sites is 1. The number of aromatic nitrogens is 4. The van der Waals surface area contributed by atoms with Gasteiger partial charge in [-0.1, -0.05) is 27.8 Å². The number of hydrogen-bond acceptors (Lipinski definition) is 6. The zero-order valence-electron chi connectivity index (χ0n) is 8.07. The number of pyridine rings is 1. The number of ether oxygens (including phenoxy) is 1. The second-order valence-electron chi connectivity index (χ2n) is 3.06. The molecular weight excluding hydrogens is 224 g/mol. The van der Waals surface area contributed by atoms with Crippen LogP contribution in [0.3, 0.4) is 0 Å². The van der Waals surface area contributed by atoms with Gasteiger partial charge in [-0.3, -0.25) is 4.98 Å². The van der Waals surface area contributed by atoms with Crippen LogP contribution in [0.25, 0.3) is 10.9 Å². The van der Waals surface area contributed by atoms with E-state index >= 15 is 0 Å². The van der Waals surface area contributed by atoms with E-state index in [0.29, 0.717) is 10.9 Å². The number of fused-ring (bicyclic) bond motifs is 1. The summed E-state index contributed by atoms with van der Waals surface area (Å²) in [7, 11) is 0. The Kier molecular flexibility index (Phi) is 2.19. The van der Waals surface area contributed by atoms with Crippen molar-refractivity contribution < 1.29 is 4.74 Å². The molecule has 2 heterocycles. The van der Waals surface area contributed by atoms with Gasteiger partial charge in [-0.25, -0.2) is 0 Å². The largest absolute Gasteiger partial charge is 0.426 e. The van der Waals surface area contributed by atoms with Crippen molar-refractivity contribution in [3.63, 3.8) is 0 Å². The Balaban J connectivity index is 2.10. The third-order valence-electron chi connectivity index (χ3n) is 2.07. The molecule has 0 amide bonds. The van der Waals surface area contributed by atoms with Crippen molar-refractivity contribution in [3.05, 3.63) is 36.5 Å². The average Bonchev–Trinajstić information content (AvgIpc) is 2.82. The van der Waals surface area contributed by atoms with Gasteiger partial charge in [0.05, 0.1) is 0 Å². The highest BCUT2D eigenvalue weighted by Gasteiger charge is 2.06. The Morgan fingerprint density at radius 1 is 1.12 bits per heavy atom. The van der Waals surface area contributed by atoms with Gasteiger partial charge in [-0.15, -0.1) is 0 Å². The summed E-state index contributed by atoms with van der Waals surface area (Å²) in [6.45, 7) is 0. The van der Waals surface area contributed by atoms with Crippen LogP contribution in [0.15, 0.2) is 36.5 Å². The van der Waals surface area contributed by atoms with E-state index in [1.54, 1.807) is 6.20 Å². The summed E-state index contributed by atoms with van der Waals surface area (Å²) < 4.78 is 9.19. The summed E-state index contributed by atoms with van der Waals surface area (Å²) >= 11 is 1.10. The minimum absolute atomic E-state index is 0.415. The SMILES string of the molecule is c1cnc2c(Oc3nnns3)cccc2c1. The summed E-state index contributed by atoms with van der Waals surface area (Å²) in [6.07, 6.45) is 1.73. The molecule has 0 saturated carbocycles. The van der Waals surface area contributed by atoms with Gasteiger partial charge in [0.15, 0.2) is 5.75 Å². The van der Waals surface area contributed by atoms with Crippen LogP contribution in [-0.2, 0) is 0 Å². The van der Waals surface area contributed by atoms with E-state index in [1.165, 1.54) is 0 Å². The topological polar surface area (TPSA) is 60.8 Å². The lowest BCUT2D eigenvalue weighted by Crippen LogP contribution is -1.87. The molecule has 0 saturated heterocycles. The quantitative estimate of drug-likeness (QED) is 0.675. The molecule has 0 unspecified atom stereocenters. The highest BCUT2D eigenvalue weighted by atomic mass is 32.1. The summed E-state index contributed by atoms with van der Waals surface area (Å²) in [5.74, 6) is 0.664. The van der Waals surface area contributed by atoms with Gasteiger partial charge in [0.1, 0.15) is 5.52 Å². The lowest BCUT2D eigenvalue weighted by Gasteiger charge is -2.03. The van der Waals surface area contributed by atoms with Crippen molar-refractivity contribution in [2.45, 2.75) is 0 Å². The molecule has 78 valence electrons. The van der Waals surface area contributed by atoms with Crippen molar-refractivity contribution in [2.24, 2.45) is 0 Å². The van der Waals surface area contributed by atoms with Gasteiger partial charge in [0.2, 0.25) is 0 Å². The molecule has 3 rings (SSSR count). The average molecular weight is 230 g/mol.